The van der Waals surface area contributed by atoms with Gasteiger partial charge in [0.15, 0.2) is 5.15 Å². The molecule has 0 aromatic carbocycles. The van der Waals surface area contributed by atoms with Crippen molar-refractivity contribution in [2.45, 2.75) is 45.3 Å². The summed E-state index contributed by atoms with van der Waals surface area (Å²) in [5.41, 5.74) is -0.493. The summed E-state index contributed by atoms with van der Waals surface area (Å²) in [6, 6.07) is 3.27. The summed E-state index contributed by atoms with van der Waals surface area (Å²) in [7, 11) is 0. The standard InChI is InChI=1S/C14H20ClN3O3/c1-14(2,3)21-13(19)18-8-4-5-10(18)9-20-12-7-6-11(15)16-17-12/h6-7,10H,4-5,8-9H2,1-3H3/t10-/m1/s1. The van der Waals surface area contributed by atoms with Crippen LogP contribution in [0.15, 0.2) is 12.1 Å². The Hall–Kier alpha value is -1.56. The van der Waals surface area contributed by atoms with Crippen molar-refractivity contribution in [3.63, 3.8) is 0 Å². The highest BCUT2D eigenvalue weighted by molar-refractivity contribution is 6.29. The third kappa shape index (κ3) is 4.74. The summed E-state index contributed by atoms with van der Waals surface area (Å²) < 4.78 is 11.0. The lowest BCUT2D eigenvalue weighted by Gasteiger charge is -2.28. The highest BCUT2D eigenvalue weighted by Gasteiger charge is 2.32. The zero-order chi connectivity index (χ0) is 15.5. The molecular formula is C14H20ClN3O3. The first-order valence-corrected chi connectivity index (χ1v) is 7.34. The van der Waals surface area contributed by atoms with Gasteiger partial charge in [-0.2, -0.15) is 0 Å². The van der Waals surface area contributed by atoms with E-state index in [-0.39, 0.29) is 12.1 Å². The summed E-state index contributed by atoms with van der Waals surface area (Å²) in [5.74, 6) is 0.399. The summed E-state index contributed by atoms with van der Waals surface area (Å²) in [4.78, 5) is 13.8. The maximum absolute atomic E-state index is 12.1. The normalized spacial score (nSPS) is 18.7. The number of carbonyl (C=O) groups excluding carboxylic acids is 1. The molecule has 6 nitrogen and oxygen atoms in total. The van der Waals surface area contributed by atoms with Crippen molar-refractivity contribution < 1.29 is 14.3 Å². The van der Waals surface area contributed by atoms with E-state index in [0.717, 1.165) is 12.8 Å². The Kier molecular flexibility index (Phi) is 4.88. The average Bonchev–Trinajstić information content (AvgIpc) is 2.84. The fourth-order valence-electron chi connectivity index (χ4n) is 2.13. The first-order chi connectivity index (χ1) is 9.85. The van der Waals surface area contributed by atoms with Crippen molar-refractivity contribution in [1.29, 1.82) is 0 Å². The van der Waals surface area contributed by atoms with E-state index in [1.54, 1.807) is 17.0 Å². The van der Waals surface area contributed by atoms with Gasteiger partial charge in [0, 0.05) is 12.6 Å². The summed E-state index contributed by atoms with van der Waals surface area (Å²) in [6.45, 7) is 6.63. The molecule has 116 valence electrons. The number of aromatic nitrogens is 2. The molecule has 1 amide bonds. The van der Waals surface area contributed by atoms with Crippen LogP contribution in [0.25, 0.3) is 0 Å². The molecule has 7 heteroatoms. The van der Waals surface area contributed by atoms with Crippen LogP contribution in [0, 0.1) is 0 Å². The van der Waals surface area contributed by atoms with Crippen molar-refractivity contribution >= 4 is 17.7 Å². The zero-order valence-electron chi connectivity index (χ0n) is 12.5. The van der Waals surface area contributed by atoms with Gasteiger partial charge in [-0.1, -0.05) is 11.6 Å². The third-order valence-electron chi connectivity index (χ3n) is 3.04. The molecule has 1 aliphatic heterocycles. The second-order valence-corrected chi connectivity index (χ2v) is 6.36. The molecule has 1 fully saturated rings. The Morgan fingerprint density at radius 3 is 2.81 bits per heavy atom. The lowest BCUT2D eigenvalue weighted by molar-refractivity contribution is 0.0185. The molecule has 1 aliphatic rings. The number of rotatable bonds is 3. The Balaban J connectivity index is 1.90. The number of hydrogen-bond donors (Lipinski definition) is 0. The molecule has 0 saturated carbocycles. The van der Waals surface area contributed by atoms with Gasteiger partial charge in [-0.25, -0.2) is 4.79 Å². The fraction of sp³-hybridized carbons (Fsp3) is 0.643. The van der Waals surface area contributed by atoms with Crippen LogP contribution >= 0.6 is 11.6 Å². The molecule has 0 aliphatic carbocycles. The van der Waals surface area contributed by atoms with E-state index in [9.17, 15) is 4.79 Å². The van der Waals surface area contributed by atoms with Crippen LogP contribution in [-0.2, 0) is 4.74 Å². The van der Waals surface area contributed by atoms with Gasteiger partial charge in [-0.05, 0) is 39.7 Å². The Morgan fingerprint density at radius 2 is 2.19 bits per heavy atom. The van der Waals surface area contributed by atoms with Crippen molar-refractivity contribution in [3.8, 4) is 5.88 Å². The third-order valence-corrected chi connectivity index (χ3v) is 3.24. The maximum Gasteiger partial charge on any atom is 0.410 e. The van der Waals surface area contributed by atoms with Crippen molar-refractivity contribution in [2.75, 3.05) is 13.2 Å². The first-order valence-electron chi connectivity index (χ1n) is 6.97. The molecule has 1 saturated heterocycles. The van der Waals surface area contributed by atoms with E-state index >= 15 is 0 Å². The van der Waals surface area contributed by atoms with Gasteiger partial charge in [0.05, 0.1) is 6.04 Å². The topological polar surface area (TPSA) is 64.5 Å². The molecule has 2 heterocycles. The second kappa shape index (κ2) is 6.47. The number of nitrogens with zero attached hydrogens (tertiary/aromatic N) is 3. The van der Waals surface area contributed by atoms with E-state index in [4.69, 9.17) is 21.1 Å². The predicted molar refractivity (Wildman–Crippen MR) is 78.5 cm³/mol. The molecule has 0 unspecified atom stereocenters. The number of ether oxygens (including phenoxy) is 2. The minimum absolute atomic E-state index is 0.00247. The molecular weight excluding hydrogens is 294 g/mol. The van der Waals surface area contributed by atoms with E-state index in [2.05, 4.69) is 10.2 Å². The Labute approximate surface area is 129 Å². The van der Waals surface area contributed by atoms with E-state index in [0.29, 0.717) is 24.2 Å². The van der Waals surface area contributed by atoms with E-state index in [1.165, 1.54) is 0 Å². The maximum atomic E-state index is 12.1. The van der Waals surface area contributed by atoms with Crippen LogP contribution < -0.4 is 4.74 Å². The van der Waals surface area contributed by atoms with Crippen molar-refractivity contribution in [2.24, 2.45) is 0 Å². The van der Waals surface area contributed by atoms with E-state index in [1.807, 2.05) is 20.8 Å². The van der Waals surface area contributed by atoms with Crippen LogP contribution in [0.4, 0.5) is 4.79 Å². The molecule has 0 spiro atoms. The summed E-state index contributed by atoms with van der Waals surface area (Å²) in [6.07, 6.45) is 1.54. The predicted octanol–water partition coefficient (Wildman–Crippen LogP) is 2.91. The fourth-order valence-corrected chi connectivity index (χ4v) is 2.23. The highest BCUT2D eigenvalue weighted by atomic mass is 35.5. The second-order valence-electron chi connectivity index (χ2n) is 5.98. The van der Waals surface area contributed by atoms with Gasteiger partial charge in [0.25, 0.3) is 0 Å². The number of hydrogen-bond acceptors (Lipinski definition) is 5. The molecule has 1 aromatic heterocycles. The number of carbonyl (C=O) groups is 1. The lowest BCUT2D eigenvalue weighted by Crippen LogP contribution is -2.42. The van der Waals surface area contributed by atoms with Crippen LogP contribution in [0.5, 0.6) is 5.88 Å². The van der Waals surface area contributed by atoms with Gasteiger partial charge in [-0.3, -0.25) is 0 Å². The first kappa shape index (κ1) is 15.8. The SMILES string of the molecule is CC(C)(C)OC(=O)N1CCC[C@@H]1COc1ccc(Cl)nn1. The Bertz CT molecular complexity index is 487. The number of amides is 1. The van der Waals surface area contributed by atoms with Gasteiger partial charge in [-0.15, -0.1) is 10.2 Å². The van der Waals surface area contributed by atoms with Gasteiger partial charge in [0.1, 0.15) is 12.2 Å². The van der Waals surface area contributed by atoms with Gasteiger partial charge >= 0.3 is 6.09 Å². The largest absolute Gasteiger partial charge is 0.474 e. The van der Waals surface area contributed by atoms with Gasteiger partial charge in [0.2, 0.25) is 5.88 Å². The molecule has 2 rings (SSSR count). The van der Waals surface area contributed by atoms with Crippen LogP contribution in [0.2, 0.25) is 5.15 Å². The molecule has 1 atom stereocenters. The Morgan fingerprint density at radius 1 is 1.43 bits per heavy atom. The molecule has 0 N–H and O–H groups in total. The molecule has 1 aromatic rings. The van der Waals surface area contributed by atoms with Crippen LogP contribution in [-0.4, -0.2) is 46.0 Å². The van der Waals surface area contributed by atoms with E-state index < -0.39 is 5.60 Å². The lowest BCUT2D eigenvalue weighted by atomic mass is 10.2. The summed E-state index contributed by atoms with van der Waals surface area (Å²) >= 11 is 5.67. The smallest absolute Gasteiger partial charge is 0.410 e. The van der Waals surface area contributed by atoms with Crippen molar-refractivity contribution in [3.05, 3.63) is 17.3 Å². The monoisotopic (exact) mass is 313 g/mol. The van der Waals surface area contributed by atoms with Crippen LogP contribution in [0.1, 0.15) is 33.6 Å². The molecule has 0 bridgehead atoms. The highest BCUT2D eigenvalue weighted by Crippen LogP contribution is 2.21. The van der Waals surface area contributed by atoms with Crippen LogP contribution in [0.3, 0.4) is 0 Å². The number of halogens is 1. The average molecular weight is 314 g/mol. The quantitative estimate of drug-likeness (QED) is 0.858. The molecule has 0 radical (unpaired) electrons. The minimum atomic E-state index is -0.493. The summed E-state index contributed by atoms with van der Waals surface area (Å²) in [5, 5.41) is 7.86. The van der Waals surface area contributed by atoms with Crippen molar-refractivity contribution in [1.82, 2.24) is 15.1 Å². The molecule has 21 heavy (non-hydrogen) atoms. The minimum Gasteiger partial charge on any atom is -0.474 e. The van der Waals surface area contributed by atoms with Gasteiger partial charge < -0.3 is 14.4 Å². The number of likely N-dealkylation sites (tertiary alicyclic amines) is 1. The zero-order valence-corrected chi connectivity index (χ0v) is 13.3.